The smallest absolute Gasteiger partial charge is 0.341 e. The van der Waals surface area contributed by atoms with Crippen molar-refractivity contribution in [3.8, 4) is 0 Å². The molecule has 3 N–H and O–H groups in total. The van der Waals surface area contributed by atoms with Crippen LogP contribution in [0.5, 0.6) is 0 Å². The van der Waals surface area contributed by atoms with E-state index in [1.165, 1.54) is 11.3 Å². The summed E-state index contributed by atoms with van der Waals surface area (Å²) in [7, 11) is 0. The van der Waals surface area contributed by atoms with E-state index in [1.807, 2.05) is 18.2 Å². The number of hydrogen-bond donors (Lipinski definition) is 3. The lowest BCUT2D eigenvalue weighted by Gasteiger charge is -2.26. The molecule has 2 aromatic rings. The molecule has 0 spiro atoms. The van der Waals surface area contributed by atoms with Gasteiger partial charge in [0, 0.05) is 4.88 Å². The Bertz CT molecular complexity index is 1000. The number of nitrogens with one attached hydrogen (secondary N) is 3. The van der Waals surface area contributed by atoms with Crippen molar-refractivity contribution in [2.75, 3.05) is 22.6 Å². The predicted octanol–water partition coefficient (Wildman–Crippen LogP) is 3.81. The third kappa shape index (κ3) is 4.05. The van der Waals surface area contributed by atoms with E-state index in [9.17, 15) is 14.4 Å². The second-order valence-corrected chi connectivity index (χ2v) is 8.87. The topological polar surface area (TPSA) is 96.5 Å². The second kappa shape index (κ2) is 8.47. The number of esters is 1. The Hall–Kier alpha value is -2.87. The van der Waals surface area contributed by atoms with Crippen molar-refractivity contribution in [1.82, 2.24) is 0 Å². The van der Waals surface area contributed by atoms with Gasteiger partial charge in [-0.2, -0.15) is 0 Å². The number of carbonyl (C=O) groups is 3. The summed E-state index contributed by atoms with van der Waals surface area (Å²) in [5.74, 6) is -0.430. The van der Waals surface area contributed by atoms with Crippen LogP contribution in [-0.2, 0) is 27.2 Å². The Balaban J connectivity index is 1.52. The molecule has 2 aliphatic rings. The highest BCUT2D eigenvalue weighted by Gasteiger charge is 2.31. The summed E-state index contributed by atoms with van der Waals surface area (Å²) in [5.41, 5.74) is 2.95. The first-order chi connectivity index (χ1) is 14.5. The summed E-state index contributed by atoms with van der Waals surface area (Å²) in [6.45, 7) is 4.23. The number of carbonyl (C=O) groups excluding carboxylic acids is 3. The highest BCUT2D eigenvalue weighted by atomic mass is 32.1. The molecule has 158 valence electrons. The number of thiophene rings is 1. The molecule has 4 rings (SSSR count). The van der Waals surface area contributed by atoms with E-state index in [0.29, 0.717) is 22.2 Å². The van der Waals surface area contributed by atoms with Gasteiger partial charge in [-0.15, -0.1) is 11.3 Å². The number of fused-ring (bicyclic) bond motifs is 2. The fourth-order valence-corrected chi connectivity index (χ4v) is 5.37. The lowest BCUT2D eigenvalue weighted by Crippen LogP contribution is -2.41. The highest BCUT2D eigenvalue weighted by Crippen LogP contribution is 2.40. The minimum atomic E-state index is -0.680. The van der Waals surface area contributed by atoms with Gasteiger partial charge >= 0.3 is 5.97 Å². The molecule has 7 nitrogen and oxygen atoms in total. The van der Waals surface area contributed by atoms with Crippen LogP contribution in [-0.4, -0.2) is 30.4 Å². The van der Waals surface area contributed by atoms with E-state index in [0.717, 1.165) is 35.4 Å². The Morgan fingerprint density at radius 1 is 1.27 bits per heavy atom. The van der Waals surface area contributed by atoms with Crippen LogP contribution < -0.4 is 16.0 Å². The van der Waals surface area contributed by atoms with E-state index in [-0.39, 0.29) is 24.8 Å². The maximum Gasteiger partial charge on any atom is 0.341 e. The van der Waals surface area contributed by atoms with E-state index in [1.54, 1.807) is 13.0 Å². The van der Waals surface area contributed by atoms with Crippen molar-refractivity contribution >= 4 is 45.5 Å². The summed E-state index contributed by atoms with van der Waals surface area (Å²) in [4.78, 5) is 38.9. The molecule has 2 amide bonds. The fourth-order valence-electron chi connectivity index (χ4n) is 3.96. The van der Waals surface area contributed by atoms with Crippen LogP contribution in [0.1, 0.15) is 47.5 Å². The average Bonchev–Trinajstić information content (AvgIpc) is 3.05. The summed E-state index contributed by atoms with van der Waals surface area (Å²) in [6.07, 6.45) is 2.67. The highest BCUT2D eigenvalue weighted by molar-refractivity contribution is 7.17. The lowest BCUT2D eigenvalue weighted by molar-refractivity contribution is -0.122. The molecular weight excluding hydrogens is 402 g/mol. The van der Waals surface area contributed by atoms with Crippen molar-refractivity contribution < 1.29 is 19.1 Å². The van der Waals surface area contributed by atoms with E-state index in [2.05, 4.69) is 22.9 Å². The van der Waals surface area contributed by atoms with Gasteiger partial charge in [0.05, 0.1) is 30.0 Å². The first-order valence-electron chi connectivity index (χ1n) is 10.2. The van der Waals surface area contributed by atoms with Crippen LogP contribution in [0, 0.1) is 5.92 Å². The number of amides is 2. The molecule has 1 aliphatic heterocycles. The predicted molar refractivity (Wildman–Crippen MR) is 117 cm³/mol. The molecule has 0 fully saturated rings. The molecule has 30 heavy (non-hydrogen) atoms. The van der Waals surface area contributed by atoms with E-state index < -0.39 is 12.0 Å². The number of ether oxygens (including phenoxy) is 1. The van der Waals surface area contributed by atoms with Crippen LogP contribution in [0.3, 0.4) is 0 Å². The number of para-hydroxylation sites is 2. The SMILES string of the molecule is CCOC(=O)c1c(NC(=O)C[C@@H]2Nc3ccccc3NC2=O)sc2c1CC[C@@H](C)C2. The summed E-state index contributed by atoms with van der Waals surface area (Å²) < 4.78 is 5.25. The first kappa shape index (κ1) is 20.4. The number of benzene rings is 1. The van der Waals surface area contributed by atoms with Crippen LogP contribution in [0.2, 0.25) is 0 Å². The Kier molecular flexibility index (Phi) is 5.76. The van der Waals surface area contributed by atoms with Crippen LogP contribution >= 0.6 is 11.3 Å². The van der Waals surface area contributed by atoms with Crippen molar-refractivity contribution in [3.63, 3.8) is 0 Å². The molecule has 1 aromatic carbocycles. The molecule has 2 heterocycles. The molecule has 0 bridgehead atoms. The van der Waals surface area contributed by atoms with Gasteiger partial charge in [-0.3, -0.25) is 9.59 Å². The summed E-state index contributed by atoms with van der Waals surface area (Å²) in [5, 5.41) is 9.33. The van der Waals surface area contributed by atoms with Crippen molar-refractivity contribution in [3.05, 3.63) is 40.3 Å². The largest absolute Gasteiger partial charge is 0.462 e. The van der Waals surface area contributed by atoms with E-state index in [4.69, 9.17) is 4.74 Å². The second-order valence-electron chi connectivity index (χ2n) is 7.76. The third-order valence-electron chi connectivity index (χ3n) is 5.46. The quantitative estimate of drug-likeness (QED) is 0.631. The molecule has 0 saturated heterocycles. The van der Waals surface area contributed by atoms with Gasteiger partial charge in [0.25, 0.3) is 0 Å². The molecule has 2 atom stereocenters. The summed E-state index contributed by atoms with van der Waals surface area (Å²) in [6, 6.07) is 6.68. The van der Waals surface area contributed by atoms with Crippen molar-refractivity contribution in [1.29, 1.82) is 0 Å². The molecule has 0 radical (unpaired) electrons. The van der Waals surface area contributed by atoms with E-state index >= 15 is 0 Å². The van der Waals surface area contributed by atoms with Crippen molar-refractivity contribution in [2.24, 2.45) is 5.92 Å². The zero-order chi connectivity index (χ0) is 21.3. The Labute approximate surface area is 179 Å². The van der Waals surface area contributed by atoms with Gasteiger partial charge in [-0.1, -0.05) is 19.1 Å². The molecule has 1 aliphatic carbocycles. The zero-order valence-electron chi connectivity index (χ0n) is 17.0. The summed E-state index contributed by atoms with van der Waals surface area (Å²) >= 11 is 1.45. The molecule has 0 saturated carbocycles. The van der Waals surface area contributed by atoms with Crippen LogP contribution in [0.15, 0.2) is 24.3 Å². The normalized spacial score (nSPS) is 19.7. The third-order valence-corrected chi connectivity index (χ3v) is 6.63. The Morgan fingerprint density at radius 2 is 2.03 bits per heavy atom. The Morgan fingerprint density at radius 3 is 2.80 bits per heavy atom. The monoisotopic (exact) mass is 427 g/mol. The fraction of sp³-hybridized carbons (Fsp3) is 0.409. The number of rotatable bonds is 5. The minimum Gasteiger partial charge on any atom is -0.462 e. The van der Waals surface area contributed by atoms with Gasteiger partial charge in [0.2, 0.25) is 11.8 Å². The molecular formula is C22H25N3O4S. The standard InChI is InChI=1S/C22H25N3O4S/c1-3-29-22(28)19-13-9-8-12(2)10-17(13)30-21(19)25-18(26)11-16-20(27)24-15-7-5-4-6-14(15)23-16/h4-7,12,16,23H,3,8-11H2,1-2H3,(H,24,27)(H,25,26)/t12-,16+/m1/s1. The maximum absolute atomic E-state index is 12.8. The average molecular weight is 428 g/mol. The van der Waals surface area contributed by atoms with Gasteiger partial charge < -0.3 is 20.7 Å². The zero-order valence-corrected chi connectivity index (χ0v) is 17.9. The number of anilines is 3. The van der Waals surface area contributed by atoms with Crippen LogP contribution in [0.4, 0.5) is 16.4 Å². The van der Waals surface area contributed by atoms with Crippen molar-refractivity contribution in [2.45, 2.75) is 45.6 Å². The van der Waals surface area contributed by atoms with Gasteiger partial charge in [-0.25, -0.2) is 4.79 Å². The number of hydrogen-bond acceptors (Lipinski definition) is 6. The van der Waals surface area contributed by atoms with Gasteiger partial charge in [-0.05, 0) is 49.8 Å². The molecule has 1 aromatic heterocycles. The van der Waals surface area contributed by atoms with Gasteiger partial charge in [0.15, 0.2) is 0 Å². The first-order valence-corrected chi connectivity index (χ1v) is 11.1. The minimum absolute atomic E-state index is 0.0403. The molecule has 0 unspecified atom stereocenters. The van der Waals surface area contributed by atoms with Gasteiger partial charge in [0.1, 0.15) is 11.0 Å². The lowest BCUT2D eigenvalue weighted by atomic mass is 9.88. The molecule has 8 heteroatoms. The maximum atomic E-state index is 12.8. The van der Waals surface area contributed by atoms with Crippen LogP contribution in [0.25, 0.3) is 0 Å².